The Labute approximate surface area is 181 Å². The highest BCUT2D eigenvalue weighted by molar-refractivity contribution is 7.20. The quantitative estimate of drug-likeness (QED) is 0.524. The second-order valence-corrected chi connectivity index (χ2v) is 8.52. The Bertz CT molecular complexity index is 1360. The summed E-state index contributed by atoms with van der Waals surface area (Å²) >= 11 is 1.50. The number of amides is 1. The van der Waals surface area contributed by atoms with Gasteiger partial charge in [0.2, 0.25) is 17.8 Å². The number of ether oxygens (including phenoxy) is 3. The Morgan fingerprint density at radius 1 is 1.19 bits per heavy atom. The molecule has 0 fully saturated rings. The molecule has 2 aliphatic rings. The van der Waals surface area contributed by atoms with E-state index in [1.165, 1.54) is 11.3 Å². The van der Waals surface area contributed by atoms with E-state index in [2.05, 4.69) is 5.32 Å². The molecule has 4 aromatic rings. The number of aromatic nitrogens is 3. The lowest BCUT2D eigenvalue weighted by Gasteiger charge is -2.24. The van der Waals surface area contributed by atoms with Crippen LogP contribution in [-0.2, 0) is 4.79 Å². The lowest BCUT2D eigenvalue weighted by atomic mass is 9.85. The van der Waals surface area contributed by atoms with Crippen molar-refractivity contribution < 1.29 is 19.0 Å². The number of hydrogen-bond acceptors (Lipinski definition) is 7. The molecule has 1 atom stereocenters. The van der Waals surface area contributed by atoms with Gasteiger partial charge in [-0.1, -0.05) is 17.4 Å². The molecule has 0 aliphatic carbocycles. The molecule has 31 heavy (non-hydrogen) atoms. The minimum atomic E-state index is -0.124. The Balaban J connectivity index is 1.47. The number of carbonyl (C=O) groups is 1. The van der Waals surface area contributed by atoms with E-state index in [4.69, 9.17) is 24.3 Å². The molecule has 1 amide bonds. The third-order valence-corrected chi connectivity index (χ3v) is 6.66. The molecular formula is C22H18N4O4S. The van der Waals surface area contributed by atoms with Gasteiger partial charge in [0.05, 0.1) is 23.0 Å². The SMILES string of the molecule is COc1ccc2nc(-n3nc(C)c4c3NC(=O)C[C@H]4c3ccc4c(c3)OCO4)sc2c1. The Kier molecular flexibility index (Phi) is 3.94. The van der Waals surface area contributed by atoms with E-state index in [-0.39, 0.29) is 18.6 Å². The van der Waals surface area contributed by atoms with Crippen molar-refractivity contribution in [3.63, 3.8) is 0 Å². The van der Waals surface area contributed by atoms with Gasteiger partial charge in [-0.25, -0.2) is 4.98 Å². The fourth-order valence-corrected chi connectivity index (χ4v) is 5.16. The number of carbonyl (C=O) groups excluding carboxylic acids is 1. The van der Waals surface area contributed by atoms with E-state index in [9.17, 15) is 4.79 Å². The van der Waals surface area contributed by atoms with Gasteiger partial charge in [0.1, 0.15) is 11.6 Å². The van der Waals surface area contributed by atoms with Crippen molar-refractivity contribution in [2.24, 2.45) is 0 Å². The van der Waals surface area contributed by atoms with E-state index in [0.29, 0.717) is 23.1 Å². The Morgan fingerprint density at radius 2 is 2.06 bits per heavy atom. The fraction of sp³-hybridized carbons (Fsp3) is 0.227. The van der Waals surface area contributed by atoms with Gasteiger partial charge in [0.15, 0.2) is 11.5 Å². The van der Waals surface area contributed by atoms with Gasteiger partial charge in [-0.15, -0.1) is 0 Å². The predicted octanol–water partition coefficient (Wildman–Crippen LogP) is 4.00. The average Bonchev–Trinajstić information content (AvgIpc) is 3.48. The Hall–Kier alpha value is -3.59. The lowest BCUT2D eigenvalue weighted by Crippen LogP contribution is -2.24. The highest BCUT2D eigenvalue weighted by Crippen LogP contribution is 2.43. The number of fused-ring (bicyclic) bond motifs is 3. The van der Waals surface area contributed by atoms with E-state index >= 15 is 0 Å². The summed E-state index contributed by atoms with van der Waals surface area (Å²) in [5.41, 5.74) is 3.71. The second kappa shape index (κ2) is 6.71. The van der Waals surface area contributed by atoms with Gasteiger partial charge in [-0.2, -0.15) is 9.78 Å². The summed E-state index contributed by atoms with van der Waals surface area (Å²) in [6.45, 7) is 2.18. The molecule has 0 radical (unpaired) electrons. The number of nitrogens with zero attached hydrogens (tertiary/aromatic N) is 3. The predicted molar refractivity (Wildman–Crippen MR) is 116 cm³/mol. The zero-order chi connectivity index (χ0) is 21.1. The number of aryl methyl sites for hydroxylation is 1. The average molecular weight is 434 g/mol. The Morgan fingerprint density at radius 3 is 2.94 bits per heavy atom. The molecule has 0 saturated carbocycles. The van der Waals surface area contributed by atoms with Gasteiger partial charge in [0, 0.05) is 17.9 Å². The molecule has 2 aliphatic heterocycles. The largest absolute Gasteiger partial charge is 0.497 e. The molecule has 0 bridgehead atoms. The minimum Gasteiger partial charge on any atom is -0.497 e. The van der Waals surface area contributed by atoms with Crippen LogP contribution in [0.15, 0.2) is 36.4 Å². The third kappa shape index (κ3) is 2.84. The molecule has 0 unspecified atom stereocenters. The summed E-state index contributed by atoms with van der Waals surface area (Å²) in [5, 5.41) is 8.45. The summed E-state index contributed by atoms with van der Waals surface area (Å²) in [4.78, 5) is 17.4. The van der Waals surface area contributed by atoms with Crippen molar-refractivity contribution in [1.82, 2.24) is 14.8 Å². The summed E-state index contributed by atoms with van der Waals surface area (Å²) in [6, 6.07) is 11.6. The van der Waals surface area contributed by atoms with Crippen LogP contribution in [0.4, 0.5) is 5.82 Å². The first-order valence-corrected chi connectivity index (χ1v) is 10.7. The normalized spacial score (nSPS) is 17.0. The molecule has 2 aromatic carbocycles. The lowest BCUT2D eigenvalue weighted by molar-refractivity contribution is -0.116. The number of thiazole rings is 1. The zero-order valence-corrected chi connectivity index (χ0v) is 17.7. The number of rotatable bonds is 3. The molecule has 1 N–H and O–H groups in total. The first-order chi connectivity index (χ1) is 15.1. The maximum atomic E-state index is 12.7. The topological polar surface area (TPSA) is 87.5 Å². The summed E-state index contributed by atoms with van der Waals surface area (Å²) < 4.78 is 19.0. The van der Waals surface area contributed by atoms with E-state index in [0.717, 1.165) is 38.5 Å². The van der Waals surface area contributed by atoms with Gasteiger partial charge < -0.3 is 19.5 Å². The standard InChI is InChI=1S/C22H18N4O4S/c1-11-20-14(12-3-6-16-17(7-12)30-10-29-16)9-19(27)24-21(20)26(25-11)22-23-15-5-4-13(28-2)8-18(15)31-22/h3-8,14H,9-10H2,1-2H3,(H,24,27)/t14-/m0/s1. The van der Waals surface area contributed by atoms with Crippen LogP contribution in [0, 0.1) is 6.92 Å². The summed E-state index contributed by atoms with van der Waals surface area (Å²) in [7, 11) is 1.64. The second-order valence-electron chi connectivity index (χ2n) is 7.51. The van der Waals surface area contributed by atoms with Gasteiger partial charge in [0.25, 0.3) is 0 Å². The van der Waals surface area contributed by atoms with Crippen LogP contribution in [0.1, 0.15) is 29.2 Å². The number of benzene rings is 2. The highest BCUT2D eigenvalue weighted by Gasteiger charge is 2.34. The molecule has 8 nitrogen and oxygen atoms in total. The molecule has 2 aromatic heterocycles. The number of hydrogen-bond donors (Lipinski definition) is 1. The first kappa shape index (κ1) is 18.2. The van der Waals surface area contributed by atoms with Crippen molar-refractivity contribution >= 4 is 33.3 Å². The van der Waals surface area contributed by atoms with Crippen LogP contribution in [0.25, 0.3) is 15.3 Å². The van der Waals surface area contributed by atoms with Crippen LogP contribution < -0.4 is 19.5 Å². The van der Waals surface area contributed by atoms with Crippen molar-refractivity contribution in [3.8, 4) is 22.4 Å². The fourth-order valence-electron chi connectivity index (χ4n) is 4.21. The summed E-state index contributed by atoms with van der Waals surface area (Å²) in [6.07, 6.45) is 0.343. The van der Waals surface area contributed by atoms with E-state index < -0.39 is 0 Å². The first-order valence-electron chi connectivity index (χ1n) is 9.84. The van der Waals surface area contributed by atoms with E-state index in [1.807, 2.05) is 43.3 Å². The summed E-state index contributed by atoms with van der Waals surface area (Å²) in [5.74, 6) is 2.69. The van der Waals surface area contributed by atoms with Crippen molar-refractivity contribution in [2.45, 2.75) is 19.3 Å². The van der Waals surface area contributed by atoms with Crippen LogP contribution >= 0.6 is 11.3 Å². The maximum Gasteiger partial charge on any atom is 0.231 e. The number of methoxy groups -OCH3 is 1. The minimum absolute atomic E-state index is 0.0564. The number of nitrogens with one attached hydrogen (secondary N) is 1. The van der Waals surface area contributed by atoms with Crippen LogP contribution in [0.5, 0.6) is 17.2 Å². The van der Waals surface area contributed by atoms with Crippen molar-refractivity contribution in [2.75, 3.05) is 19.2 Å². The molecule has 0 spiro atoms. The smallest absolute Gasteiger partial charge is 0.231 e. The van der Waals surface area contributed by atoms with Gasteiger partial charge >= 0.3 is 0 Å². The monoisotopic (exact) mass is 434 g/mol. The van der Waals surface area contributed by atoms with Gasteiger partial charge in [-0.05, 0) is 42.8 Å². The van der Waals surface area contributed by atoms with Crippen molar-refractivity contribution in [1.29, 1.82) is 0 Å². The zero-order valence-electron chi connectivity index (χ0n) is 16.8. The van der Waals surface area contributed by atoms with Crippen LogP contribution in [-0.4, -0.2) is 34.6 Å². The highest BCUT2D eigenvalue weighted by atomic mass is 32.1. The molecular weight excluding hydrogens is 416 g/mol. The van der Waals surface area contributed by atoms with Crippen LogP contribution in [0.3, 0.4) is 0 Å². The van der Waals surface area contributed by atoms with E-state index in [1.54, 1.807) is 11.8 Å². The van der Waals surface area contributed by atoms with Crippen molar-refractivity contribution in [3.05, 3.63) is 53.2 Å². The van der Waals surface area contributed by atoms with Crippen LogP contribution in [0.2, 0.25) is 0 Å². The third-order valence-electron chi connectivity index (χ3n) is 5.67. The molecule has 9 heteroatoms. The molecule has 156 valence electrons. The molecule has 0 saturated heterocycles. The van der Waals surface area contributed by atoms with Gasteiger partial charge in [-0.3, -0.25) is 4.79 Å². The molecule has 6 rings (SSSR count). The number of anilines is 1. The molecule has 4 heterocycles. The maximum absolute atomic E-state index is 12.7.